The molecular formula is C75H138N2O26. The smallest absolute Gasteiger partial charge is 0.364 e. The van der Waals surface area contributed by atoms with Crippen molar-refractivity contribution in [2.45, 2.75) is 413 Å². The van der Waals surface area contributed by atoms with Crippen LogP contribution in [0.2, 0.25) is 0 Å². The summed E-state index contributed by atoms with van der Waals surface area (Å²) in [6.07, 6.45) is 3.67. The van der Waals surface area contributed by atoms with Crippen LogP contribution < -0.4 is 10.6 Å². The average molecular weight is 1480 g/mol. The third-order valence-electron chi connectivity index (χ3n) is 20.9. The fraction of sp³-hybridized carbons (Fsp3) is 0.947. The predicted molar refractivity (Wildman–Crippen MR) is 379 cm³/mol. The number of hydrogen-bond acceptors (Lipinski definition) is 25. The first kappa shape index (κ1) is 92.6. The summed E-state index contributed by atoms with van der Waals surface area (Å²) in [4.78, 5) is 52.2. The Morgan fingerprint density at radius 1 is 0.495 bits per heavy atom. The molecule has 0 aromatic rings. The molecule has 0 aromatic carbocycles. The van der Waals surface area contributed by atoms with Crippen LogP contribution in [-0.2, 0) is 57.1 Å². The van der Waals surface area contributed by atoms with E-state index in [0.717, 1.165) is 65.2 Å². The molecule has 103 heavy (non-hydrogen) atoms. The zero-order valence-electron chi connectivity index (χ0n) is 62.5. The molecule has 4 aliphatic rings. The Hall–Kier alpha value is -2.76. The van der Waals surface area contributed by atoms with Crippen molar-refractivity contribution in [2.24, 2.45) is 5.92 Å². The SMILES string of the molecule is CCCCCCCCCCCCCCCCCCCCCCCCC(=O)NC(COC1OC(CO)C(OC2OC(CO)C(OC3OC(CO)C(O)C(O)C3CC(C)=O)C(OC3(C(=O)O)CC(O)C(NC(C)=O)C(C(O)C(O)CO)O3)C2O)C(O)C1O)C(O)CCCCCCCCCCCCCCC. The number of carbonyl (C=O) groups is 4. The number of ether oxygens (including phenoxy) is 8. The second-order valence-electron chi connectivity index (χ2n) is 29.6. The Bertz CT molecular complexity index is 2250. The number of aliphatic carboxylic acids is 1. The summed E-state index contributed by atoms with van der Waals surface area (Å²) in [6, 6.07) is -2.70. The van der Waals surface area contributed by atoms with Crippen molar-refractivity contribution in [2.75, 3.05) is 33.0 Å². The molecule has 4 saturated heterocycles. The highest BCUT2D eigenvalue weighted by Crippen LogP contribution is 2.41. The van der Waals surface area contributed by atoms with Crippen molar-refractivity contribution < 1.29 is 129 Å². The van der Waals surface area contributed by atoms with Crippen LogP contribution in [0.5, 0.6) is 0 Å². The van der Waals surface area contributed by atoms with E-state index in [9.17, 15) is 90.7 Å². The van der Waals surface area contributed by atoms with Crippen molar-refractivity contribution >= 4 is 23.6 Å². The number of aliphatic hydroxyl groups is 13. The number of rotatable bonds is 58. The van der Waals surface area contributed by atoms with Gasteiger partial charge in [-0.1, -0.05) is 232 Å². The summed E-state index contributed by atoms with van der Waals surface area (Å²) in [5, 5.41) is 161. The van der Waals surface area contributed by atoms with Crippen molar-refractivity contribution in [1.29, 1.82) is 0 Å². The van der Waals surface area contributed by atoms with Crippen molar-refractivity contribution in [1.82, 2.24) is 10.6 Å². The number of carboxylic acid groups (broad SMARTS) is 1. The zero-order valence-corrected chi connectivity index (χ0v) is 62.5. The zero-order chi connectivity index (χ0) is 75.7. The molecule has 0 spiro atoms. The van der Waals surface area contributed by atoms with Crippen LogP contribution in [0.25, 0.3) is 0 Å². The molecule has 0 aliphatic carbocycles. The molecule has 16 N–H and O–H groups in total. The molecule has 604 valence electrons. The average Bonchev–Trinajstić information content (AvgIpc) is 0.751. The van der Waals surface area contributed by atoms with Gasteiger partial charge in [-0.25, -0.2) is 4.79 Å². The van der Waals surface area contributed by atoms with E-state index < -0.39 is 204 Å². The highest BCUT2D eigenvalue weighted by atomic mass is 16.8. The van der Waals surface area contributed by atoms with Gasteiger partial charge in [0.1, 0.15) is 85.1 Å². The van der Waals surface area contributed by atoms with Gasteiger partial charge >= 0.3 is 5.97 Å². The molecular weight excluding hydrogens is 1340 g/mol. The number of unbranched alkanes of at least 4 members (excludes halogenated alkanes) is 33. The first-order valence-corrected chi connectivity index (χ1v) is 39.6. The third kappa shape index (κ3) is 32.4. The minimum Gasteiger partial charge on any atom is -0.477 e. The maximum absolute atomic E-state index is 13.6. The van der Waals surface area contributed by atoms with E-state index in [4.69, 9.17) is 37.9 Å². The van der Waals surface area contributed by atoms with Crippen LogP contribution in [0.4, 0.5) is 0 Å². The first-order valence-electron chi connectivity index (χ1n) is 39.6. The Balaban J connectivity index is 1.45. The standard InChI is InChI=1S/C75H138N2O26/c1-5-7-9-11-13-15-17-19-20-21-22-23-24-25-26-27-29-31-33-35-37-39-41-59(87)77-52(53(84)40-38-36-34-32-30-28-18-16-14-12-10-8-6-2)48-96-72-65(92)64(91)67(57(46-80)98-72)100-73-66(93)70(68(58(47-81)99-73)101-71-51(42-49(3)82)61(88)63(90)56(45-79)97-71)103-75(74(94)95)43-54(85)60(76-50(4)83)69(102-75)62(89)55(86)44-78/h51-58,60-73,78-81,84-86,88-93H,5-48H2,1-4H3,(H,76,83)(H,77,87)(H,94,95). The quantitative estimate of drug-likeness (QED) is 0.0349. The van der Waals surface area contributed by atoms with Gasteiger partial charge in [0.25, 0.3) is 5.79 Å². The molecule has 23 atom stereocenters. The molecule has 4 aliphatic heterocycles. The molecule has 0 radical (unpaired) electrons. The van der Waals surface area contributed by atoms with E-state index in [1.807, 2.05) is 0 Å². The van der Waals surface area contributed by atoms with Gasteiger partial charge in [-0.2, -0.15) is 0 Å². The number of ketones is 1. The van der Waals surface area contributed by atoms with E-state index >= 15 is 0 Å². The van der Waals surface area contributed by atoms with Crippen LogP contribution in [0.15, 0.2) is 0 Å². The van der Waals surface area contributed by atoms with E-state index in [0.29, 0.717) is 19.3 Å². The van der Waals surface area contributed by atoms with E-state index in [2.05, 4.69) is 24.5 Å². The van der Waals surface area contributed by atoms with Crippen LogP contribution in [0.3, 0.4) is 0 Å². The van der Waals surface area contributed by atoms with Gasteiger partial charge in [-0.15, -0.1) is 0 Å². The first-order chi connectivity index (χ1) is 49.5. The molecule has 2 amide bonds. The summed E-state index contributed by atoms with van der Waals surface area (Å²) in [6.45, 7) is 2.04. The van der Waals surface area contributed by atoms with Gasteiger partial charge in [-0.05, 0) is 19.8 Å². The maximum Gasteiger partial charge on any atom is 0.364 e. The number of carboxylic acids is 1. The summed E-state index contributed by atoms with van der Waals surface area (Å²) >= 11 is 0. The maximum atomic E-state index is 13.6. The predicted octanol–water partition coefficient (Wildman–Crippen LogP) is 5.18. The second kappa shape index (κ2) is 52.4. The van der Waals surface area contributed by atoms with Crippen LogP contribution in [-0.4, -0.2) is 262 Å². The van der Waals surface area contributed by atoms with Crippen LogP contribution in [0.1, 0.15) is 278 Å². The fourth-order valence-electron chi connectivity index (χ4n) is 14.6. The van der Waals surface area contributed by atoms with Crippen molar-refractivity contribution in [3.63, 3.8) is 0 Å². The Labute approximate surface area is 611 Å². The molecule has 28 heteroatoms. The van der Waals surface area contributed by atoms with Crippen molar-refractivity contribution in [3.05, 3.63) is 0 Å². The van der Waals surface area contributed by atoms with E-state index in [1.54, 1.807) is 0 Å². The monoisotopic (exact) mass is 1480 g/mol. The number of carbonyl (C=O) groups excluding carboxylic acids is 3. The second-order valence-corrected chi connectivity index (χ2v) is 29.6. The number of amides is 2. The topological polar surface area (TPSA) is 449 Å². The minimum atomic E-state index is -3.26. The van der Waals surface area contributed by atoms with E-state index in [-0.39, 0.29) is 12.3 Å². The summed E-state index contributed by atoms with van der Waals surface area (Å²) in [7, 11) is 0. The molecule has 0 saturated carbocycles. The molecule has 4 fully saturated rings. The van der Waals surface area contributed by atoms with Gasteiger partial charge in [0.2, 0.25) is 11.8 Å². The largest absolute Gasteiger partial charge is 0.477 e. The van der Waals surface area contributed by atoms with E-state index in [1.165, 1.54) is 161 Å². The molecule has 4 heterocycles. The van der Waals surface area contributed by atoms with Gasteiger partial charge in [0, 0.05) is 32.1 Å². The van der Waals surface area contributed by atoms with Gasteiger partial charge in [-0.3, -0.25) is 9.59 Å². The van der Waals surface area contributed by atoms with Crippen LogP contribution in [0, 0.1) is 5.92 Å². The summed E-state index contributed by atoms with van der Waals surface area (Å²) < 4.78 is 48.3. The molecule has 28 nitrogen and oxygen atoms in total. The summed E-state index contributed by atoms with van der Waals surface area (Å²) in [5.74, 6) is -8.49. The van der Waals surface area contributed by atoms with Gasteiger partial charge in [0.05, 0.1) is 63.4 Å². The molecule has 23 unspecified atom stereocenters. The Morgan fingerprint density at radius 3 is 1.38 bits per heavy atom. The third-order valence-corrected chi connectivity index (χ3v) is 20.9. The normalized spacial score (nSPS) is 30.9. The summed E-state index contributed by atoms with van der Waals surface area (Å²) in [5.41, 5.74) is 0. The lowest BCUT2D eigenvalue weighted by atomic mass is 9.87. The number of hydrogen-bond donors (Lipinski definition) is 16. The highest BCUT2D eigenvalue weighted by molar-refractivity contribution is 5.77. The molecule has 4 rings (SSSR count). The lowest BCUT2D eigenvalue weighted by molar-refractivity contribution is -0.403. The Morgan fingerprint density at radius 2 is 0.932 bits per heavy atom. The number of nitrogens with one attached hydrogen (secondary N) is 2. The highest BCUT2D eigenvalue weighted by Gasteiger charge is 2.62. The van der Waals surface area contributed by atoms with Gasteiger partial charge in [0.15, 0.2) is 18.9 Å². The Kier molecular flexibility index (Phi) is 47.1. The minimum absolute atomic E-state index is 0.189. The van der Waals surface area contributed by atoms with Crippen LogP contribution >= 0.6 is 0 Å². The lowest BCUT2D eigenvalue weighted by Gasteiger charge is -2.52. The van der Waals surface area contributed by atoms with Crippen molar-refractivity contribution in [3.8, 4) is 0 Å². The lowest BCUT2D eigenvalue weighted by Crippen LogP contribution is -2.71. The number of aliphatic hydroxyl groups excluding tert-OH is 13. The fourth-order valence-corrected chi connectivity index (χ4v) is 14.6. The molecule has 0 aromatic heterocycles. The van der Waals surface area contributed by atoms with Gasteiger partial charge < -0.3 is 125 Å². The molecule has 0 bridgehead atoms. The number of Topliss-reactive ketones (excluding diaryl/α,β-unsaturated/α-hetero) is 1.